The molecule has 1 aromatic carbocycles. The Hall–Kier alpha value is -1.51. The number of carbonyl (C=O) groups is 1. The molecule has 1 heterocycles. The molecule has 0 aromatic heterocycles. The zero-order chi connectivity index (χ0) is 12.3. The maximum Gasteiger partial charge on any atom is 0.220 e. The molecule has 1 aliphatic rings. The van der Waals surface area contributed by atoms with Crippen molar-refractivity contribution >= 4 is 5.91 Å². The molecular weight excluding hydrogens is 214 g/mol. The molecule has 1 aliphatic heterocycles. The number of carbonyl (C=O) groups excluding carboxylic acids is 1. The van der Waals surface area contributed by atoms with Crippen molar-refractivity contribution in [2.75, 3.05) is 6.61 Å². The van der Waals surface area contributed by atoms with Gasteiger partial charge in [-0.05, 0) is 24.0 Å². The molecule has 1 atom stereocenters. The van der Waals surface area contributed by atoms with Crippen LogP contribution >= 0.6 is 0 Å². The molecule has 0 saturated heterocycles. The lowest BCUT2D eigenvalue weighted by atomic mass is 10.0. The van der Waals surface area contributed by atoms with E-state index >= 15 is 0 Å². The SMILES string of the molecule is CC(C)CC(=O)N[C@H]1COc2ccccc2C1. The molecule has 17 heavy (non-hydrogen) atoms. The molecule has 1 aromatic rings. The van der Waals surface area contributed by atoms with E-state index in [1.807, 2.05) is 32.0 Å². The van der Waals surface area contributed by atoms with Gasteiger partial charge < -0.3 is 10.1 Å². The Morgan fingerprint density at radius 2 is 2.24 bits per heavy atom. The fourth-order valence-corrected chi connectivity index (χ4v) is 2.08. The summed E-state index contributed by atoms with van der Waals surface area (Å²) >= 11 is 0. The molecule has 1 N–H and O–H groups in total. The molecule has 0 unspecified atom stereocenters. The second kappa shape index (κ2) is 5.21. The first-order chi connectivity index (χ1) is 8.15. The third kappa shape index (κ3) is 3.22. The highest BCUT2D eigenvalue weighted by molar-refractivity contribution is 5.76. The third-order valence-electron chi connectivity index (χ3n) is 2.84. The molecular formula is C14H19NO2. The van der Waals surface area contributed by atoms with Crippen molar-refractivity contribution < 1.29 is 9.53 Å². The number of para-hydroxylation sites is 1. The Morgan fingerprint density at radius 1 is 1.47 bits per heavy atom. The Labute approximate surface area is 102 Å². The van der Waals surface area contributed by atoms with Crippen LogP contribution in [0.25, 0.3) is 0 Å². The monoisotopic (exact) mass is 233 g/mol. The quantitative estimate of drug-likeness (QED) is 0.868. The zero-order valence-electron chi connectivity index (χ0n) is 10.4. The van der Waals surface area contributed by atoms with Crippen molar-refractivity contribution in [2.24, 2.45) is 5.92 Å². The molecule has 0 aliphatic carbocycles. The summed E-state index contributed by atoms with van der Waals surface area (Å²) in [5.41, 5.74) is 1.17. The highest BCUT2D eigenvalue weighted by Gasteiger charge is 2.20. The Morgan fingerprint density at radius 3 is 3.00 bits per heavy atom. The lowest BCUT2D eigenvalue weighted by Gasteiger charge is -2.26. The van der Waals surface area contributed by atoms with Crippen LogP contribution in [0, 0.1) is 5.92 Å². The zero-order valence-corrected chi connectivity index (χ0v) is 10.4. The number of hydrogen-bond acceptors (Lipinski definition) is 2. The van der Waals surface area contributed by atoms with Crippen LogP contribution in [0.1, 0.15) is 25.8 Å². The second-order valence-electron chi connectivity index (χ2n) is 4.99. The van der Waals surface area contributed by atoms with Crippen LogP contribution in [0.15, 0.2) is 24.3 Å². The van der Waals surface area contributed by atoms with Gasteiger partial charge in [0.1, 0.15) is 12.4 Å². The Bertz CT molecular complexity index is 401. The fraction of sp³-hybridized carbons (Fsp3) is 0.500. The molecule has 0 saturated carbocycles. The average molecular weight is 233 g/mol. The van der Waals surface area contributed by atoms with Crippen molar-refractivity contribution in [3.63, 3.8) is 0 Å². The van der Waals surface area contributed by atoms with Gasteiger partial charge in [0.05, 0.1) is 6.04 Å². The smallest absolute Gasteiger partial charge is 0.220 e. The van der Waals surface area contributed by atoms with Gasteiger partial charge in [-0.2, -0.15) is 0 Å². The van der Waals surface area contributed by atoms with Crippen LogP contribution in [-0.2, 0) is 11.2 Å². The molecule has 0 radical (unpaired) electrons. The summed E-state index contributed by atoms with van der Waals surface area (Å²) in [6.07, 6.45) is 1.44. The van der Waals surface area contributed by atoms with Gasteiger partial charge >= 0.3 is 0 Å². The van der Waals surface area contributed by atoms with Crippen molar-refractivity contribution in [2.45, 2.75) is 32.7 Å². The minimum atomic E-state index is 0.108. The molecule has 3 nitrogen and oxygen atoms in total. The van der Waals surface area contributed by atoms with Gasteiger partial charge in [-0.15, -0.1) is 0 Å². The summed E-state index contributed by atoms with van der Waals surface area (Å²) in [5, 5.41) is 3.03. The van der Waals surface area contributed by atoms with E-state index < -0.39 is 0 Å². The van der Waals surface area contributed by atoms with Gasteiger partial charge in [-0.25, -0.2) is 0 Å². The summed E-state index contributed by atoms with van der Waals surface area (Å²) in [7, 11) is 0. The number of hydrogen-bond donors (Lipinski definition) is 1. The molecule has 1 amide bonds. The maximum atomic E-state index is 11.7. The minimum Gasteiger partial charge on any atom is -0.491 e. The maximum absolute atomic E-state index is 11.7. The summed E-state index contributed by atoms with van der Waals surface area (Å²) < 4.78 is 5.63. The van der Waals surface area contributed by atoms with E-state index in [-0.39, 0.29) is 11.9 Å². The predicted octanol–water partition coefficient (Wildman–Crippen LogP) is 2.15. The number of fused-ring (bicyclic) bond motifs is 1. The molecule has 2 rings (SSSR count). The number of benzene rings is 1. The summed E-state index contributed by atoms with van der Waals surface area (Å²) in [6.45, 7) is 4.67. The van der Waals surface area contributed by atoms with Gasteiger partial charge in [0.15, 0.2) is 0 Å². The number of nitrogens with one attached hydrogen (secondary N) is 1. The molecule has 0 spiro atoms. The topological polar surface area (TPSA) is 38.3 Å². The molecule has 0 bridgehead atoms. The van der Waals surface area contributed by atoms with Crippen molar-refractivity contribution in [3.05, 3.63) is 29.8 Å². The summed E-state index contributed by atoms with van der Waals surface area (Å²) in [4.78, 5) is 11.7. The van der Waals surface area contributed by atoms with E-state index in [1.165, 1.54) is 5.56 Å². The molecule has 3 heteroatoms. The lowest BCUT2D eigenvalue weighted by Crippen LogP contribution is -2.43. The van der Waals surface area contributed by atoms with E-state index in [4.69, 9.17) is 4.74 Å². The summed E-state index contributed by atoms with van der Waals surface area (Å²) in [6, 6.07) is 8.10. The van der Waals surface area contributed by atoms with Crippen LogP contribution in [0.3, 0.4) is 0 Å². The Kier molecular flexibility index (Phi) is 3.67. The van der Waals surface area contributed by atoms with Gasteiger partial charge in [0, 0.05) is 6.42 Å². The molecule has 0 fully saturated rings. The fourth-order valence-electron chi connectivity index (χ4n) is 2.08. The number of rotatable bonds is 3. The second-order valence-corrected chi connectivity index (χ2v) is 4.99. The minimum absolute atomic E-state index is 0.108. The molecule has 92 valence electrons. The van der Waals surface area contributed by atoms with Gasteiger partial charge in [-0.3, -0.25) is 4.79 Å². The standard InChI is InChI=1S/C14H19NO2/c1-10(2)7-14(16)15-12-8-11-5-3-4-6-13(11)17-9-12/h3-6,10,12H,7-9H2,1-2H3,(H,15,16)/t12-/m1/s1. The first-order valence-electron chi connectivity index (χ1n) is 6.15. The van der Waals surface area contributed by atoms with Crippen molar-refractivity contribution in [1.29, 1.82) is 0 Å². The van der Waals surface area contributed by atoms with Crippen LogP contribution in [0.5, 0.6) is 5.75 Å². The highest BCUT2D eigenvalue weighted by Crippen LogP contribution is 2.23. The first kappa shape index (κ1) is 12.0. The van der Waals surface area contributed by atoms with Gasteiger partial charge in [-0.1, -0.05) is 32.0 Å². The normalized spacial score (nSPS) is 18.4. The summed E-state index contributed by atoms with van der Waals surface area (Å²) in [5.74, 6) is 1.46. The first-order valence-corrected chi connectivity index (χ1v) is 6.15. The van der Waals surface area contributed by atoms with Crippen LogP contribution in [0.2, 0.25) is 0 Å². The van der Waals surface area contributed by atoms with E-state index in [2.05, 4.69) is 11.4 Å². The van der Waals surface area contributed by atoms with E-state index in [0.717, 1.165) is 12.2 Å². The van der Waals surface area contributed by atoms with Crippen LogP contribution < -0.4 is 10.1 Å². The van der Waals surface area contributed by atoms with E-state index in [9.17, 15) is 4.79 Å². The van der Waals surface area contributed by atoms with E-state index in [1.54, 1.807) is 0 Å². The van der Waals surface area contributed by atoms with Crippen LogP contribution in [0.4, 0.5) is 0 Å². The van der Waals surface area contributed by atoms with Crippen molar-refractivity contribution in [3.8, 4) is 5.75 Å². The number of ether oxygens (including phenoxy) is 1. The van der Waals surface area contributed by atoms with Crippen molar-refractivity contribution in [1.82, 2.24) is 5.32 Å². The third-order valence-corrected chi connectivity index (χ3v) is 2.84. The Balaban J connectivity index is 1.92. The lowest BCUT2D eigenvalue weighted by molar-refractivity contribution is -0.122. The van der Waals surface area contributed by atoms with Gasteiger partial charge in [0.25, 0.3) is 0 Å². The number of amides is 1. The average Bonchev–Trinajstić information content (AvgIpc) is 2.27. The predicted molar refractivity (Wildman–Crippen MR) is 67.0 cm³/mol. The van der Waals surface area contributed by atoms with E-state index in [0.29, 0.717) is 18.9 Å². The highest BCUT2D eigenvalue weighted by atomic mass is 16.5. The largest absolute Gasteiger partial charge is 0.491 e. The van der Waals surface area contributed by atoms with Gasteiger partial charge in [0.2, 0.25) is 5.91 Å². The van der Waals surface area contributed by atoms with Crippen LogP contribution in [-0.4, -0.2) is 18.6 Å².